The lowest BCUT2D eigenvalue weighted by atomic mass is 10.1. The van der Waals surface area contributed by atoms with Crippen molar-refractivity contribution in [1.82, 2.24) is 0 Å². The van der Waals surface area contributed by atoms with E-state index in [9.17, 15) is 9.59 Å². The van der Waals surface area contributed by atoms with Crippen LogP contribution in [0.1, 0.15) is 18.9 Å². The number of benzene rings is 2. The lowest BCUT2D eigenvalue weighted by Gasteiger charge is -2.26. The van der Waals surface area contributed by atoms with Gasteiger partial charge in [0.1, 0.15) is 0 Å². The van der Waals surface area contributed by atoms with Gasteiger partial charge in [0.2, 0.25) is 11.8 Å². The van der Waals surface area contributed by atoms with Crippen LogP contribution in [-0.4, -0.2) is 24.9 Å². The van der Waals surface area contributed by atoms with Crippen molar-refractivity contribution in [3.8, 4) is 0 Å². The smallest absolute Gasteiger partial charge is 0.232 e. The number of rotatable bonds is 4. The minimum absolute atomic E-state index is 0.0142. The van der Waals surface area contributed by atoms with Crippen LogP contribution in [0.3, 0.4) is 0 Å². The van der Waals surface area contributed by atoms with Crippen LogP contribution in [0.25, 0.3) is 0 Å². The summed E-state index contributed by atoms with van der Waals surface area (Å²) in [6.45, 7) is 5.02. The Labute approximate surface area is 142 Å². The Hall–Kier alpha value is -2.62. The highest BCUT2D eigenvalue weighted by Crippen LogP contribution is 2.28. The number of amides is 2. The summed E-state index contributed by atoms with van der Waals surface area (Å²) in [5.41, 5.74) is 2.85. The molecule has 0 aliphatic carbocycles. The molecule has 1 saturated heterocycles. The fraction of sp³-hybridized carbons (Fsp3) is 0.300. The maximum Gasteiger partial charge on any atom is 0.232 e. The summed E-state index contributed by atoms with van der Waals surface area (Å²) >= 11 is 0. The predicted molar refractivity (Wildman–Crippen MR) is 96.1 cm³/mol. The summed E-state index contributed by atoms with van der Waals surface area (Å²) in [4.78, 5) is 28.9. The average Bonchev–Trinajstić information content (AvgIpc) is 3.00. The van der Waals surface area contributed by atoms with Crippen LogP contribution in [0.4, 0.5) is 11.4 Å². The van der Waals surface area contributed by atoms with E-state index in [1.807, 2.05) is 68.4 Å². The number of carbonyl (C=O) groups is 2. The highest BCUT2D eigenvalue weighted by atomic mass is 16.2. The van der Waals surface area contributed by atoms with Crippen LogP contribution in [0.15, 0.2) is 54.6 Å². The van der Waals surface area contributed by atoms with E-state index in [0.29, 0.717) is 13.1 Å². The molecule has 124 valence electrons. The van der Waals surface area contributed by atoms with Gasteiger partial charge in [-0.1, -0.05) is 36.4 Å². The number of carbonyl (C=O) groups excluding carboxylic acids is 2. The summed E-state index contributed by atoms with van der Waals surface area (Å²) < 4.78 is 0. The predicted octanol–water partition coefficient (Wildman–Crippen LogP) is 3.40. The first-order valence-corrected chi connectivity index (χ1v) is 8.34. The molecule has 0 bridgehead atoms. The highest BCUT2D eigenvalue weighted by Gasteiger charge is 2.37. The lowest BCUT2D eigenvalue weighted by molar-refractivity contribution is -0.124. The second-order valence-corrected chi connectivity index (χ2v) is 6.11. The molecule has 2 aromatic rings. The fourth-order valence-corrected chi connectivity index (χ4v) is 3.26. The minimum atomic E-state index is -0.294. The van der Waals surface area contributed by atoms with E-state index >= 15 is 0 Å². The molecule has 1 atom stereocenters. The van der Waals surface area contributed by atoms with Crippen molar-refractivity contribution in [2.75, 3.05) is 22.9 Å². The number of nitrogens with zero attached hydrogens (tertiary/aromatic N) is 2. The quantitative estimate of drug-likeness (QED) is 0.865. The molecule has 0 unspecified atom stereocenters. The van der Waals surface area contributed by atoms with Gasteiger partial charge in [0.05, 0.1) is 5.92 Å². The Morgan fingerprint density at radius 2 is 1.79 bits per heavy atom. The summed E-state index contributed by atoms with van der Waals surface area (Å²) in [5.74, 6) is -0.253. The van der Waals surface area contributed by atoms with Gasteiger partial charge in [-0.15, -0.1) is 0 Å². The average molecular weight is 322 g/mol. The number of hydrogen-bond acceptors (Lipinski definition) is 2. The zero-order valence-electron chi connectivity index (χ0n) is 14.1. The zero-order chi connectivity index (χ0) is 17.1. The molecule has 3 rings (SSSR count). The number of anilines is 2. The molecule has 2 aromatic carbocycles. The Morgan fingerprint density at radius 1 is 1.12 bits per heavy atom. The first-order valence-electron chi connectivity index (χ1n) is 8.34. The summed E-state index contributed by atoms with van der Waals surface area (Å²) in [6.07, 6.45) is 0.274. The largest absolute Gasteiger partial charge is 0.312 e. The lowest BCUT2D eigenvalue weighted by Crippen LogP contribution is -2.37. The molecule has 1 aliphatic rings. The SMILES string of the molecule is CCN(C(=O)[C@@H]1CC(=O)N(c2ccccc2)C1)c1ccccc1C. The zero-order valence-corrected chi connectivity index (χ0v) is 14.1. The van der Waals surface area contributed by atoms with Crippen LogP contribution in [0, 0.1) is 12.8 Å². The third-order valence-corrected chi connectivity index (χ3v) is 4.53. The van der Waals surface area contributed by atoms with E-state index in [1.165, 1.54) is 0 Å². The van der Waals surface area contributed by atoms with Gasteiger partial charge in [-0.2, -0.15) is 0 Å². The van der Waals surface area contributed by atoms with Gasteiger partial charge in [-0.25, -0.2) is 0 Å². The van der Waals surface area contributed by atoms with Crippen molar-refractivity contribution in [1.29, 1.82) is 0 Å². The molecule has 1 heterocycles. The van der Waals surface area contributed by atoms with Crippen molar-refractivity contribution in [3.63, 3.8) is 0 Å². The maximum atomic E-state index is 13.0. The van der Waals surface area contributed by atoms with Crippen molar-refractivity contribution >= 4 is 23.2 Å². The number of hydrogen-bond donors (Lipinski definition) is 0. The van der Waals surface area contributed by atoms with Crippen LogP contribution in [0.2, 0.25) is 0 Å². The van der Waals surface area contributed by atoms with Crippen molar-refractivity contribution in [3.05, 3.63) is 60.2 Å². The fourth-order valence-electron chi connectivity index (χ4n) is 3.26. The first-order chi connectivity index (χ1) is 11.6. The van der Waals surface area contributed by atoms with Gasteiger partial charge in [-0.3, -0.25) is 9.59 Å². The number of aryl methyl sites for hydroxylation is 1. The Kier molecular flexibility index (Phi) is 4.65. The maximum absolute atomic E-state index is 13.0. The van der Waals surface area contributed by atoms with Gasteiger partial charge in [-0.05, 0) is 37.6 Å². The van der Waals surface area contributed by atoms with Crippen LogP contribution >= 0.6 is 0 Å². The van der Waals surface area contributed by atoms with E-state index in [1.54, 1.807) is 9.80 Å². The van der Waals surface area contributed by atoms with Crippen molar-refractivity contribution < 1.29 is 9.59 Å². The van der Waals surface area contributed by atoms with Crippen molar-refractivity contribution in [2.45, 2.75) is 20.3 Å². The summed E-state index contributed by atoms with van der Waals surface area (Å²) in [7, 11) is 0. The molecule has 4 heteroatoms. The van der Waals surface area contributed by atoms with E-state index in [-0.39, 0.29) is 24.2 Å². The topological polar surface area (TPSA) is 40.6 Å². The van der Waals surface area contributed by atoms with Crippen LogP contribution in [-0.2, 0) is 9.59 Å². The monoisotopic (exact) mass is 322 g/mol. The van der Waals surface area contributed by atoms with E-state index < -0.39 is 0 Å². The molecule has 1 aliphatic heterocycles. The second kappa shape index (κ2) is 6.87. The molecule has 2 amide bonds. The Balaban J connectivity index is 1.80. The summed E-state index contributed by atoms with van der Waals surface area (Å²) in [6, 6.07) is 17.4. The molecule has 0 spiro atoms. The third-order valence-electron chi connectivity index (χ3n) is 4.53. The molecular formula is C20H22N2O2. The van der Waals surface area contributed by atoms with Gasteiger partial charge in [0, 0.05) is 30.9 Å². The molecule has 0 N–H and O–H groups in total. The van der Waals surface area contributed by atoms with E-state index in [0.717, 1.165) is 16.9 Å². The molecule has 0 saturated carbocycles. The van der Waals surface area contributed by atoms with Crippen molar-refractivity contribution in [2.24, 2.45) is 5.92 Å². The highest BCUT2D eigenvalue weighted by molar-refractivity contribution is 6.04. The standard InChI is InChI=1S/C20H22N2O2/c1-3-21(18-12-8-7-9-15(18)2)20(24)16-13-19(23)22(14-16)17-10-5-4-6-11-17/h4-12,16H,3,13-14H2,1-2H3/t16-/m1/s1. The molecule has 1 fully saturated rings. The molecule has 4 nitrogen and oxygen atoms in total. The first kappa shape index (κ1) is 16.2. The number of para-hydroxylation sites is 2. The van der Waals surface area contributed by atoms with Crippen LogP contribution in [0.5, 0.6) is 0 Å². The van der Waals surface area contributed by atoms with Gasteiger partial charge < -0.3 is 9.80 Å². The van der Waals surface area contributed by atoms with Gasteiger partial charge >= 0.3 is 0 Å². The third kappa shape index (κ3) is 3.04. The van der Waals surface area contributed by atoms with Gasteiger partial charge in [0.15, 0.2) is 0 Å². The molecule has 24 heavy (non-hydrogen) atoms. The molecule has 0 radical (unpaired) electrons. The summed E-state index contributed by atoms with van der Waals surface area (Å²) in [5, 5.41) is 0. The van der Waals surface area contributed by atoms with Crippen LogP contribution < -0.4 is 9.80 Å². The molecular weight excluding hydrogens is 300 g/mol. The van der Waals surface area contributed by atoms with E-state index in [4.69, 9.17) is 0 Å². The van der Waals surface area contributed by atoms with E-state index in [2.05, 4.69) is 0 Å². The minimum Gasteiger partial charge on any atom is -0.312 e. The normalized spacial score (nSPS) is 17.2. The Bertz CT molecular complexity index is 742. The van der Waals surface area contributed by atoms with Gasteiger partial charge in [0.25, 0.3) is 0 Å². The Morgan fingerprint density at radius 3 is 2.46 bits per heavy atom. The second-order valence-electron chi connectivity index (χ2n) is 6.11. The molecule has 0 aromatic heterocycles.